The molecule has 0 aromatic carbocycles. The van der Waals surface area contributed by atoms with E-state index in [1.54, 1.807) is 0 Å². The van der Waals surface area contributed by atoms with Gasteiger partial charge in [0.05, 0.1) is 0 Å². The van der Waals surface area contributed by atoms with Gasteiger partial charge in [-0.3, -0.25) is 0 Å². The molecule has 2 aliphatic carbocycles. The summed E-state index contributed by atoms with van der Waals surface area (Å²) < 4.78 is 0. The molecule has 0 amide bonds. The molecule has 0 atom stereocenters. The standard InChI is InChI=1S/C15H30N2/c1-2-16-11-5-3-4-6-12-17(15-9-10-15)13-14-7-8-14/h14-16H,2-13H2,1H3. The Morgan fingerprint density at radius 3 is 2.41 bits per heavy atom. The maximum Gasteiger partial charge on any atom is 0.00965 e. The second-order valence-electron chi connectivity index (χ2n) is 5.94. The molecule has 0 unspecified atom stereocenters. The second-order valence-corrected chi connectivity index (χ2v) is 5.94. The van der Waals surface area contributed by atoms with Gasteiger partial charge in [0.1, 0.15) is 0 Å². The summed E-state index contributed by atoms with van der Waals surface area (Å²) in [5.41, 5.74) is 0. The molecule has 0 bridgehead atoms. The lowest BCUT2D eigenvalue weighted by Gasteiger charge is -2.21. The summed E-state index contributed by atoms with van der Waals surface area (Å²) in [5.74, 6) is 1.07. The van der Waals surface area contributed by atoms with Crippen LogP contribution in [-0.2, 0) is 0 Å². The third-order valence-electron chi connectivity index (χ3n) is 4.05. The molecule has 2 rings (SSSR count). The summed E-state index contributed by atoms with van der Waals surface area (Å²) in [4.78, 5) is 2.79. The predicted octanol–water partition coefficient (Wildman–Crippen LogP) is 3.03. The molecule has 0 aliphatic heterocycles. The fraction of sp³-hybridized carbons (Fsp3) is 1.00. The van der Waals surface area contributed by atoms with Crippen molar-refractivity contribution in [3.63, 3.8) is 0 Å². The summed E-state index contributed by atoms with van der Waals surface area (Å²) >= 11 is 0. The van der Waals surface area contributed by atoms with Crippen molar-refractivity contribution >= 4 is 0 Å². The van der Waals surface area contributed by atoms with Crippen LogP contribution >= 0.6 is 0 Å². The maximum absolute atomic E-state index is 3.40. The molecule has 0 heterocycles. The molecule has 17 heavy (non-hydrogen) atoms. The van der Waals surface area contributed by atoms with Crippen LogP contribution < -0.4 is 5.32 Å². The number of hydrogen-bond donors (Lipinski definition) is 1. The van der Waals surface area contributed by atoms with Gasteiger partial charge in [-0.2, -0.15) is 0 Å². The first kappa shape index (κ1) is 13.4. The van der Waals surface area contributed by atoms with E-state index in [0.717, 1.165) is 18.5 Å². The van der Waals surface area contributed by atoms with Crippen LogP contribution in [-0.4, -0.2) is 37.1 Å². The zero-order valence-electron chi connectivity index (χ0n) is 11.6. The topological polar surface area (TPSA) is 15.3 Å². The zero-order valence-corrected chi connectivity index (χ0v) is 11.6. The molecule has 2 aliphatic rings. The number of nitrogens with one attached hydrogen (secondary N) is 1. The van der Waals surface area contributed by atoms with Crippen molar-refractivity contribution in [3.8, 4) is 0 Å². The van der Waals surface area contributed by atoms with E-state index in [4.69, 9.17) is 0 Å². The molecule has 0 saturated heterocycles. The number of rotatable bonds is 11. The molecule has 2 heteroatoms. The van der Waals surface area contributed by atoms with Crippen molar-refractivity contribution in [1.29, 1.82) is 0 Å². The third kappa shape index (κ3) is 5.87. The highest BCUT2D eigenvalue weighted by atomic mass is 15.2. The van der Waals surface area contributed by atoms with Crippen molar-refractivity contribution in [1.82, 2.24) is 10.2 Å². The molecule has 2 nitrogen and oxygen atoms in total. The first-order valence-corrected chi connectivity index (χ1v) is 7.85. The van der Waals surface area contributed by atoms with Crippen molar-refractivity contribution in [2.45, 2.75) is 64.3 Å². The van der Waals surface area contributed by atoms with Gasteiger partial charge in [0, 0.05) is 12.6 Å². The van der Waals surface area contributed by atoms with Crippen molar-refractivity contribution in [2.75, 3.05) is 26.2 Å². The lowest BCUT2D eigenvalue weighted by molar-refractivity contribution is 0.246. The molecular formula is C15H30N2. The van der Waals surface area contributed by atoms with Gasteiger partial charge < -0.3 is 10.2 Å². The Bertz CT molecular complexity index is 197. The smallest absolute Gasteiger partial charge is 0.00965 e. The first-order chi connectivity index (χ1) is 8.40. The van der Waals surface area contributed by atoms with E-state index in [9.17, 15) is 0 Å². The van der Waals surface area contributed by atoms with E-state index in [1.807, 2.05) is 0 Å². The summed E-state index contributed by atoms with van der Waals surface area (Å²) in [7, 11) is 0. The highest BCUT2D eigenvalue weighted by molar-refractivity contribution is 4.88. The van der Waals surface area contributed by atoms with E-state index in [0.29, 0.717) is 0 Å². The Balaban J connectivity index is 1.44. The SMILES string of the molecule is CCNCCCCCCN(CC1CC1)C1CC1. The summed E-state index contributed by atoms with van der Waals surface area (Å²) in [6.45, 7) is 7.32. The van der Waals surface area contributed by atoms with E-state index in [2.05, 4.69) is 17.1 Å². The minimum atomic E-state index is 0.984. The lowest BCUT2D eigenvalue weighted by Crippen LogP contribution is -2.29. The quantitative estimate of drug-likeness (QED) is 0.557. The summed E-state index contributed by atoms with van der Waals surface area (Å²) in [6.07, 6.45) is 11.6. The van der Waals surface area contributed by atoms with Crippen LogP contribution in [0.2, 0.25) is 0 Å². The molecule has 0 aromatic heterocycles. The normalized spacial score (nSPS) is 20.1. The van der Waals surface area contributed by atoms with E-state index in [-0.39, 0.29) is 0 Å². The Hall–Kier alpha value is -0.0800. The van der Waals surface area contributed by atoms with Crippen LogP contribution in [0.4, 0.5) is 0 Å². The molecule has 0 aromatic rings. The van der Waals surface area contributed by atoms with Gasteiger partial charge >= 0.3 is 0 Å². The van der Waals surface area contributed by atoms with Crippen LogP contribution in [0.1, 0.15) is 58.3 Å². The number of hydrogen-bond acceptors (Lipinski definition) is 2. The predicted molar refractivity (Wildman–Crippen MR) is 74.3 cm³/mol. The zero-order chi connectivity index (χ0) is 11.9. The van der Waals surface area contributed by atoms with Crippen molar-refractivity contribution in [3.05, 3.63) is 0 Å². The van der Waals surface area contributed by atoms with Crippen LogP contribution in [0, 0.1) is 5.92 Å². The highest BCUT2D eigenvalue weighted by Crippen LogP contribution is 2.34. The van der Waals surface area contributed by atoms with Crippen LogP contribution in [0.5, 0.6) is 0 Å². The van der Waals surface area contributed by atoms with Crippen molar-refractivity contribution < 1.29 is 0 Å². The van der Waals surface area contributed by atoms with E-state index >= 15 is 0 Å². The molecule has 100 valence electrons. The van der Waals surface area contributed by atoms with Gasteiger partial charge in [0.15, 0.2) is 0 Å². The summed E-state index contributed by atoms with van der Waals surface area (Å²) in [5, 5.41) is 3.40. The highest BCUT2D eigenvalue weighted by Gasteiger charge is 2.32. The minimum Gasteiger partial charge on any atom is -0.317 e. The monoisotopic (exact) mass is 238 g/mol. The molecule has 2 fully saturated rings. The molecule has 1 N–H and O–H groups in total. The molecule has 2 saturated carbocycles. The van der Waals surface area contributed by atoms with E-state index in [1.165, 1.54) is 71.0 Å². The fourth-order valence-electron chi connectivity index (χ4n) is 2.59. The Morgan fingerprint density at radius 2 is 1.76 bits per heavy atom. The van der Waals surface area contributed by atoms with Crippen LogP contribution in [0.15, 0.2) is 0 Å². The Morgan fingerprint density at radius 1 is 1.00 bits per heavy atom. The minimum absolute atomic E-state index is 0.984. The van der Waals surface area contributed by atoms with Gasteiger partial charge in [-0.15, -0.1) is 0 Å². The largest absolute Gasteiger partial charge is 0.317 e. The average molecular weight is 238 g/mol. The van der Waals surface area contributed by atoms with Gasteiger partial charge in [-0.1, -0.05) is 19.8 Å². The Kier molecular flexibility index (Phi) is 5.79. The molecular weight excluding hydrogens is 208 g/mol. The van der Waals surface area contributed by atoms with Gasteiger partial charge in [-0.05, 0) is 64.1 Å². The fourth-order valence-corrected chi connectivity index (χ4v) is 2.59. The second kappa shape index (κ2) is 7.38. The van der Waals surface area contributed by atoms with Crippen LogP contribution in [0.3, 0.4) is 0 Å². The van der Waals surface area contributed by atoms with Gasteiger partial charge in [0.25, 0.3) is 0 Å². The summed E-state index contributed by atoms with van der Waals surface area (Å²) in [6, 6.07) is 0.984. The molecule has 0 radical (unpaired) electrons. The lowest BCUT2D eigenvalue weighted by atomic mass is 10.2. The molecule has 0 spiro atoms. The first-order valence-electron chi connectivity index (χ1n) is 7.85. The number of unbranched alkanes of at least 4 members (excludes halogenated alkanes) is 3. The Labute approximate surface area is 107 Å². The van der Waals surface area contributed by atoms with Gasteiger partial charge in [-0.25, -0.2) is 0 Å². The third-order valence-corrected chi connectivity index (χ3v) is 4.05. The van der Waals surface area contributed by atoms with Gasteiger partial charge in [0.2, 0.25) is 0 Å². The maximum atomic E-state index is 3.40. The van der Waals surface area contributed by atoms with Crippen LogP contribution in [0.25, 0.3) is 0 Å². The average Bonchev–Trinajstić information content (AvgIpc) is 3.17. The van der Waals surface area contributed by atoms with E-state index < -0.39 is 0 Å². The number of nitrogens with zero attached hydrogens (tertiary/aromatic N) is 1. The van der Waals surface area contributed by atoms with Crippen molar-refractivity contribution in [2.24, 2.45) is 5.92 Å².